The third-order valence-electron chi connectivity index (χ3n) is 5.76. The minimum absolute atomic E-state index is 0.340. The van der Waals surface area contributed by atoms with Crippen LogP contribution in [0.3, 0.4) is 0 Å². The Morgan fingerprint density at radius 1 is 0.708 bits per heavy atom. The first-order chi connectivity index (χ1) is 11.4. The van der Waals surface area contributed by atoms with Crippen LogP contribution in [0.15, 0.2) is 70.8 Å². The summed E-state index contributed by atoms with van der Waals surface area (Å²) >= 11 is 0. The third-order valence-corrected chi connectivity index (χ3v) is 5.76. The summed E-state index contributed by atoms with van der Waals surface area (Å²) in [7, 11) is 0. The summed E-state index contributed by atoms with van der Waals surface area (Å²) < 4.78 is 0. The largest absolute Gasteiger partial charge is 0.0632 e. The maximum atomic E-state index is 2.36. The van der Waals surface area contributed by atoms with Crippen LogP contribution >= 0.6 is 0 Å². The molecular formula is C24H28. The average molecular weight is 316 g/mol. The van der Waals surface area contributed by atoms with Gasteiger partial charge < -0.3 is 0 Å². The Morgan fingerprint density at radius 3 is 1.58 bits per heavy atom. The number of allylic oxidation sites excluding steroid dienone is 4. The summed E-state index contributed by atoms with van der Waals surface area (Å²) in [6, 6.07) is 18.0. The van der Waals surface area contributed by atoms with Crippen molar-refractivity contribution in [1.82, 2.24) is 0 Å². The van der Waals surface area contributed by atoms with Crippen molar-refractivity contribution in [3.63, 3.8) is 0 Å². The monoisotopic (exact) mass is 316 g/mol. The zero-order chi connectivity index (χ0) is 17.4. The SMILES string of the molecule is CC1=C(C)C(C)C(C(c2cccc(C)c2)c2cccc(C)c2)=C1C. The Morgan fingerprint density at radius 2 is 1.21 bits per heavy atom. The average Bonchev–Trinajstić information content (AvgIpc) is 2.73. The fraction of sp³-hybridized carbons (Fsp3) is 0.333. The third kappa shape index (κ3) is 2.86. The molecule has 0 saturated carbocycles. The highest BCUT2D eigenvalue weighted by atomic mass is 14.3. The summed E-state index contributed by atoms with van der Waals surface area (Å²) in [5.74, 6) is 0.850. The minimum atomic E-state index is 0.340. The van der Waals surface area contributed by atoms with Gasteiger partial charge in [0.05, 0.1) is 0 Å². The Bertz CT molecular complexity index is 787. The molecule has 1 unspecified atom stereocenters. The standard InChI is InChI=1S/C24H28/c1-15-9-7-11-21(13-15)24(22-12-8-10-16(2)14-22)23-19(5)17(3)18(4)20(23)6/h7-14,19,24H,1-6H3. The highest BCUT2D eigenvalue weighted by molar-refractivity contribution is 5.55. The summed E-state index contributed by atoms with van der Waals surface area (Å²) in [4.78, 5) is 0. The molecule has 1 aliphatic carbocycles. The topological polar surface area (TPSA) is 0 Å². The van der Waals surface area contributed by atoms with Gasteiger partial charge in [-0.05, 0) is 68.4 Å². The Balaban J connectivity index is 2.21. The van der Waals surface area contributed by atoms with Crippen LogP contribution in [-0.2, 0) is 0 Å². The lowest BCUT2D eigenvalue weighted by atomic mass is 9.78. The summed E-state index contributed by atoms with van der Waals surface area (Å²) in [6.45, 7) is 13.6. The van der Waals surface area contributed by atoms with Crippen molar-refractivity contribution < 1.29 is 0 Å². The first-order valence-corrected chi connectivity index (χ1v) is 8.91. The Kier molecular flexibility index (Phi) is 4.49. The van der Waals surface area contributed by atoms with E-state index in [-0.39, 0.29) is 0 Å². The minimum Gasteiger partial charge on any atom is -0.0632 e. The molecule has 2 aromatic rings. The van der Waals surface area contributed by atoms with E-state index in [2.05, 4.69) is 90.1 Å². The summed E-state index contributed by atoms with van der Waals surface area (Å²) in [6.07, 6.45) is 0. The van der Waals surface area contributed by atoms with Crippen LogP contribution in [0, 0.1) is 19.8 Å². The van der Waals surface area contributed by atoms with Crippen molar-refractivity contribution in [3.05, 3.63) is 93.1 Å². The van der Waals surface area contributed by atoms with E-state index in [9.17, 15) is 0 Å². The molecule has 0 amide bonds. The molecule has 0 radical (unpaired) electrons. The van der Waals surface area contributed by atoms with E-state index in [0.717, 1.165) is 0 Å². The normalized spacial score (nSPS) is 18.0. The quantitative estimate of drug-likeness (QED) is 0.588. The molecule has 124 valence electrons. The molecule has 0 aromatic heterocycles. The molecule has 0 aliphatic heterocycles. The first kappa shape index (κ1) is 16.8. The van der Waals surface area contributed by atoms with Crippen LogP contribution in [0.5, 0.6) is 0 Å². The number of hydrogen-bond donors (Lipinski definition) is 0. The van der Waals surface area contributed by atoms with E-state index in [1.165, 1.54) is 39.0 Å². The Labute approximate surface area is 146 Å². The molecular weight excluding hydrogens is 288 g/mol. The van der Waals surface area contributed by atoms with Crippen LogP contribution in [0.1, 0.15) is 55.9 Å². The van der Waals surface area contributed by atoms with Gasteiger partial charge in [0, 0.05) is 5.92 Å². The van der Waals surface area contributed by atoms with Gasteiger partial charge in [0.25, 0.3) is 0 Å². The lowest BCUT2D eigenvalue weighted by molar-refractivity contribution is 0.735. The van der Waals surface area contributed by atoms with Crippen molar-refractivity contribution in [2.45, 2.75) is 47.5 Å². The van der Waals surface area contributed by atoms with E-state index >= 15 is 0 Å². The molecule has 1 atom stereocenters. The molecule has 0 nitrogen and oxygen atoms in total. The molecule has 0 saturated heterocycles. The molecule has 0 bridgehead atoms. The molecule has 0 heteroatoms. The molecule has 2 aromatic carbocycles. The van der Waals surface area contributed by atoms with Crippen LogP contribution in [0.25, 0.3) is 0 Å². The second-order valence-corrected chi connectivity index (χ2v) is 7.37. The van der Waals surface area contributed by atoms with Crippen molar-refractivity contribution in [2.24, 2.45) is 5.92 Å². The fourth-order valence-corrected chi connectivity index (χ4v) is 4.11. The Hall–Kier alpha value is -2.08. The van der Waals surface area contributed by atoms with Gasteiger partial charge in [-0.25, -0.2) is 0 Å². The van der Waals surface area contributed by atoms with Gasteiger partial charge in [-0.1, -0.05) is 72.2 Å². The molecule has 0 spiro atoms. The van der Waals surface area contributed by atoms with Crippen LogP contribution in [0.2, 0.25) is 0 Å². The predicted molar refractivity (Wildman–Crippen MR) is 104 cm³/mol. The first-order valence-electron chi connectivity index (χ1n) is 8.91. The van der Waals surface area contributed by atoms with Gasteiger partial charge in [-0.15, -0.1) is 0 Å². The van der Waals surface area contributed by atoms with Gasteiger partial charge in [0.2, 0.25) is 0 Å². The van der Waals surface area contributed by atoms with Crippen LogP contribution in [0.4, 0.5) is 0 Å². The van der Waals surface area contributed by atoms with Crippen LogP contribution < -0.4 is 0 Å². The fourth-order valence-electron chi connectivity index (χ4n) is 4.11. The molecule has 0 heterocycles. The number of aryl methyl sites for hydroxylation is 2. The van der Waals surface area contributed by atoms with Gasteiger partial charge in [0.15, 0.2) is 0 Å². The molecule has 0 N–H and O–H groups in total. The highest BCUT2D eigenvalue weighted by Gasteiger charge is 2.31. The van der Waals surface area contributed by atoms with Crippen LogP contribution in [-0.4, -0.2) is 0 Å². The zero-order valence-electron chi connectivity index (χ0n) is 15.8. The maximum Gasteiger partial charge on any atom is 0.0310 e. The van der Waals surface area contributed by atoms with E-state index in [4.69, 9.17) is 0 Å². The zero-order valence-corrected chi connectivity index (χ0v) is 15.8. The molecule has 1 aliphatic rings. The van der Waals surface area contributed by atoms with Gasteiger partial charge in [-0.2, -0.15) is 0 Å². The maximum absolute atomic E-state index is 2.36. The van der Waals surface area contributed by atoms with E-state index in [0.29, 0.717) is 11.8 Å². The second-order valence-electron chi connectivity index (χ2n) is 7.37. The summed E-state index contributed by atoms with van der Waals surface area (Å²) in [5, 5.41) is 0. The van der Waals surface area contributed by atoms with Gasteiger partial charge in [-0.3, -0.25) is 0 Å². The van der Waals surface area contributed by atoms with Gasteiger partial charge in [0.1, 0.15) is 0 Å². The van der Waals surface area contributed by atoms with E-state index in [1.807, 2.05) is 0 Å². The lowest BCUT2D eigenvalue weighted by Crippen LogP contribution is -2.11. The summed E-state index contributed by atoms with van der Waals surface area (Å²) in [5.41, 5.74) is 11.5. The van der Waals surface area contributed by atoms with Crippen molar-refractivity contribution in [1.29, 1.82) is 0 Å². The number of benzene rings is 2. The number of hydrogen-bond acceptors (Lipinski definition) is 0. The molecule has 0 fully saturated rings. The van der Waals surface area contributed by atoms with Crippen molar-refractivity contribution in [3.8, 4) is 0 Å². The highest BCUT2D eigenvalue weighted by Crippen LogP contribution is 2.46. The van der Waals surface area contributed by atoms with Crippen molar-refractivity contribution >= 4 is 0 Å². The lowest BCUT2D eigenvalue weighted by Gasteiger charge is -2.26. The van der Waals surface area contributed by atoms with E-state index < -0.39 is 0 Å². The second kappa shape index (κ2) is 6.43. The van der Waals surface area contributed by atoms with Gasteiger partial charge >= 0.3 is 0 Å². The molecule has 24 heavy (non-hydrogen) atoms. The number of rotatable bonds is 3. The van der Waals surface area contributed by atoms with E-state index in [1.54, 1.807) is 5.57 Å². The van der Waals surface area contributed by atoms with Crippen molar-refractivity contribution in [2.75, 3.05) is 0 Å². The predicted octanol–water partition coefficient (Wildman–Crippen LogP) is 6.74. The smallest absolute Gasteiger partial charge is 0.0310 e. The molecule has 3 rings (SSSR count).